The minimum absolute atomic E-state index is 0.268. The summed E-state index contributed by atoms with van der Waals surface area (Å²) in [6, 6.07) is 6.00. The number of hydrogen-bond donors (Lipinski definition) is 0. The lowest BCUT2D eigenvalue weighted by Gasteiger charge is -2.29. The number of benzene rings is 1. The van der Waals surface area contributed by atoms with Crippen LogP contribution in [0, 0.1) is 0 Å². The molecular weight excluding hydrogens is 293 g/mol. The summed E-state index contributed by atoms with van der Waals surface area (Å²) in [4.78, 5) is 13.9. The van der Waals surface area contributed by atoms with E-state index in [1.165, 1.54) is 19.3 Å². The molecule has 1 atom stereocenters. The molecule has 1 unspecified atom stereocenters. The second-order valence-electron chi connectivity index (χ2n) is 5.62. The first-order chi connectivity index (χ1) is 9.56. The van der Waals surface area contributed by atoms with Crippen LogP contribution in [0.2, 0.25) is 10.0 Å². The van der Waals surface area contributed by atoms with Crippen LogP contribution in [0.3, 0.4) is 0 Å². The van der Waals surface area contributed by atoms with Gasteiger partial charge in [-0.2, -0.15) is 0 Å². The Kier molecular flexibility index (Phi) is 5.88. The van der Waals surface area contributed by atoms with E-state index in [4.69, 9.17) is 23.2 Å². The highest BCUT2D eigenvalue weighted by atomic mass is 35.5. The van der Waals surface area contributed by atoms with Gasteiger partial charge in [0.25, 0.3) is 0 Å². The summed E-state index contributed by atoms with van der Waals surface area (Å²) in [5.74, 6) is 0.268. The summed E-state index contributed by atoms with van der Waals surface area (Å²) >= 11 is 12.2. The first kappa shape index (κ1) is 15.8. The summed E-state index contributed by atoms with van der Waals surface area (Å²) in [5.41, 5.74) is 1.09. The molecule has 0 saturated carbocycles. The van der Waals surface area contributed by atoms with Gasteiger partial charge in [-0.3, -0.25) is 9.69 Å². The van der Waals surface area contributed by atoms with E-state index in [9.17, 15) is 4.79 Å². The van der Waals surface area contributed by atoms with Crippen molar-refractivity contribution in [1.82, 2.24) is 4.90 Å². The Balaban J connectivity index is 2.12. The lowest BCUT2D eigenvalue weighted by Crippen LogP contribution is -2.35. The zero-order chi connectivity index (χ0) is 14.5. The van der Waals surface area contributed by atoms with Crippen LogP contribution in [0.15, 0.2) is 18.2 Å². The Morgan fingerprint density at radius 2 is 2.10 bits per heavy atom. The topological polar surface area (TPSA) is 20.3 Å². The molecule has 1 aliphatic rings. The minimum atomic E-state index is 0.268. The fourth-order valence-electron chi connectivity index (χ4n) is 2.88. The van der Waals surface area contributed by atoms with Crippen LogP contribution in [0.25, 0.3) is 0 Å². The lowest BCUT2D eigenvalue weighted by molar-refractivity contribution is -0.118. The number of nitrogens with zero attached hydrogens (tertiary/aromatic N) is 1. The second kappa shape index (κ2) is 7.44. The minimum Gasteiger partial charge on any atom is -0.300 e. The summed E-state index contributed by atoms with van der Waals surface area (Å²) < 4.78 is 0. The highest BCUT2D eigenvalue weighted by molar-refractivity contribution is 6.35. The third-order valence-corrected chi connectivity index (χ3v) is 4.50. The summed E-state index contributed by atoms with van der Waals surface area (Å²) in [7, 11) is 0. The van der Waals surface area contributed by atoms with Gasteiger partial charge in [-0.1, -0.05) is 42.1 Å². The number of carbonyl (C=O) groups is 1. The van der Waals surface area contributed by atoms with Crippen LogP contribution in [0.5, 0.6) is 0 Å². The number of hydrogen-bond acceptors (Lipinski definition) is 2. The smallest absolute Gasteiger partial charge is 0.131 e. The molecule has 0 aliphatic carbocycles. The van der Waals surface area contributed by atoms with Crippen LogP contribution < -0.4 is 0 Å². The molecule has 2 rings (SSSR count). The van der Waals surface area contributed by atoms with Crippen LogP contribution in [-0.2, 0) is 11.3 Å². The Bertz CT molecular complexity index is 476. The fourth-order valence-corrected chi connectivity index (χ4v) is 3.34. The van der Waals surface area contributed by atoms with Gasteiger partial charge in [0, 0.05) is 29.1 Å². The van der Waals surface area contributed by atoms with Crippen LogP contribution in [0.1, 0.15) is 44.6 Å². The first-order valence-corrected chi connectivity index (χ1v) is 7.99. The number of rotatable bonds is 4. The molecular formula is C16H21Cl2NO. The quantitative estimate of drug-likeness (QED) is 0.801. The van der Waals surface area contributed by atoms with Crippen molar-refractivity contribution in [3.05, 3.63) is 33.8 Å². The van der Waals surface area contributed by atoms with Crippen LogP contribution >= 0.6 is 23.2 Å². The Labute approximate surface area is 131 Å². The van der Waals surface area contributed by atoms with E-state index in [0.29, 0.717) is 22.5 Å². The van der Waals surface area contributed by atoms with Crippen molar-refractivity contribution in [2.45, 2.75) is 51.6 Å². The van der Waals surface area contributed by atoms with Gasteiger partial charge in [0.2, 0.25) is 0 Å². The predicted molar refractivity (Wildman–Crippen MR) is 84.4 cm³/mol. The molecule has 0 N–H and O–H groups in total. The Morgan fingerprint density at radius 3 is 2.80 bits per heavy atom. The SMILES string of the molecule is CC(=O)CC1CCCCCN1Cc1ccc(Cl)cc1Cl. The van der Waals surface area contributed by atoms with Gasteiger partial charge in [0.05, 0.1) is 0 Å². The zero-order valence-electron chi connectivity index (χ0n) is 11.9. The highest BCUT2D eigenvalue weighted by Gasteiger charge is 2.22. The average Bonchev–Trinajstić information content (AvgIpc) is 2.58. The van der Waals surface area contributed by atoms with Gasteiger partial charge in [-0.25, -0.2) is 0 Å². The molecule has 0 radical (unpaired) electrons. The number of ketones is 1. The molecule has 2 nitrogen and oxygen atoms in total. The molecule has 4 heteroatoms. The maximum atomic E-state index is 11.5. The summed E-state index contributed by atoms with van der Waals surface area (Å²) in [6.07, 6.45) is 5.40. The van der Waals surface area contributed by atoms with Gasteiger partial charge in [-0.15, -0.1) is 0 Å². The predicted octanol–water partition coefficient (Wildman–Crippen LogP) is 4.72. The van der Waals surface area contributed by atoms with E-state index >= 15 is 0 Å². The maximum absolute atomic E-state index is 11.5. The fraction of sp³-hybridized carbons (Fsp3) is 0.562. The normalized spacial score (nSPS) is 20.6. The Morgan fingerprint density at radius 1 is 1.30 bits per heavy atom. The van der Waals surface area contributed by atoms with E-state index < -0.39 is 0 Å². The van der Waals surface area contributed by atoms with Gasteiger partial charge in [0.15, 0.2) is 0 Å². The van der Waals surface area contributed by atoms with Gasteiger partial charge >= 0.3 is 0 Å². The van der Waals surface area contributed by atoms with Crippen molar-refractivity contribution < 1.29 is 4.79 Å². The number of Topliss-reactive ketones (excluding diaryl/α,β-unsaturated/α-hetero) is 1. The molecule has 0 aromatic heterocycles. The largest absolute Gasteiger partial charge is 0.300 e. The van der Waals surface area contributed by atoms with Gasteiger partial charge in [0.1, 0.15) is 5.78 Å². The first-order valence-electron chi connectivity index (χ1n) is 7.23. The molecule has 1 aromatic rings. The molecule has 1 aromatic carbocycles. The van der Waals surface area contributed by atoms with Crippen molar-refractivity contribution in [1.29, 1.82) is 0 Å². The van der Waals surface area contributed by atoms with Crippen molar-refractivity contribution in [2.75, 3.05) is 6.54 Å². The standard InChI is InChI=1S/C16H21Cl2NO/c1-12(20)9-15-5-3-2-4-8-19(15)11-13-6-7-14(17)10-16(13)18/h6-7,10,15H,2-5,8-9,11H2,1H3. The van der Waals surface area contributed by atoms with E-state index in [0.717, 1.165) is 25.1 Å². The molecule has 20 heavy (non-hydrogen) atoms. The highest BCUT2D eigenvalue weighted by Crippen LogP contribution is 2.26. The van der Waals surface area contributed by atoms with E-state index in [1.54, 1.807) is 13.0 Å². The third-order valence-electron chi connectivity index (χ3n) is 3.91. The summed E-state index contributed by atoms with van der Waals surface area (Å²) in [6.45, 7) is 3.52. The molecule has 1 aliphatic heterocycles. The molecule has 0 amide bonds. The average molecular weight is 314 g/mol. The molecule has 0 bridgehead atoms. The second-order valence-corrected chi connectivity index (χ2v) is 6.46. The molecule has 110 valence electrons. The monoisotopic (exact) mass is 313 g/mol. The number of likely N-dealkylation sites (tertiary alicyclic amines) is 1. The number of carbonyl (C=O) groups excluding carboxylic acids is 1. The third kappa shape index (κ3) is 4.47. The van der Waals surface area contributed by atoms with Crippen LogP contribution in [-0.4, -0.2) is 23.3 Å². The summed E-state index contributed by atoms with van der Waals surface area (Å²) in [5, 5.41) is 1.37. The molecule has 1 saturated heterocycles. The molecule has 0 spiro atoms. The van der Waals surface area contributed by atoms with E-state index in [-0.39, 0.29) is 5.78 Å². The van der Waals surface area contributed by atoms with Crippen LogP contribution in [0.4, 0.5) is 0 Å². The molecule has 1 fully saturated rings. The number of halogens is 2. The lowest BCUT2D eigenvalue weighted by atomic mass is 10.0. The van der Waals surface area contributed by atoms with Crippen molar-refractivity contribution >= 4 is 29.0 Å². The van der Waals surface area contributed by atoms with Gasteiger partial charge in [-0.05, 0) is 44.0 Å². The van der Waals surface area contributed by atoms with Crippen molar-refractivity contribution in [2.24, 2.45) is 0 Å². The zero-order valence-corrected chi connectivity index (χ0v) is 13.4. The van der Waals surface area contributed by atoms with Gasteiger partial charge < -0.3 is 0 Å². The van der Waals surface area contributed by atoms with Crippen molar-refractivity contribution in [3.63, 3.8) is 0 Å². The molecule has 1 heterocycles. The Hall–Kier alpha value is -0.570. The van der Waals surface area contributed by atoms with Crippen molar-refractivity contribution in [3.8, 4) is 0 Å². The maximum Gasteiger partial charge on any atom is 0.131 e. The van der Waals surface area contributed by atoms with E-state index in [2.05, 4.69) is 4.90 Å². The van der Waals surface area contributed by atoms with E-state index in [1.807, 2.05) is 12.1 Å².